The maximum absolute atomic E-state index is 11.0. The zero-order valence-corrected chi connectivity index (χ0v) is 14.1. The topological polar surface area (TPSA) is 65.9 Å². The summed E-state index contributed by atoms with van der Waals surface area (Å²) in [5, 5.41) is 2.36. The van der Waals surface area contributed by atoms with Crippen LogP contribution in [0.15, 0.2) is 53.7 Å². The number of carbonyl (C=O) groups excluding carboxylic acids is 1. The van der Waals surface area contributed by atoms with Gasteiger partial charge in [-0.1, -0.05) is 24.3 Å². The molecule has 0 radical (unpaired) electrons. The predicted octanol–water partition coefficient (Wildman–Crippen LogP) is 2.81. The van der Waals surface area contributed by atoms with Crippen molar-refractivity contribution in [3.8, 4) is 11.3 Å². The van der Waals surface area contributed by atoms with Gasteiger partial charge in [-0.05, 0) is 36.9 Å². The molecule has 0 spiro atoms. The van der Waals surface area contributed by atoms with Gasteiger partial charge in [-0.15, -0.1) is 4.91 Å². The van der Waals surface area contributed by atoms with Crippen LogP contribution in [0.1, 0.15) is 5.56 Å². The highest BCUT2D eigenvalue weighted by atomic mass is 16.3. The lowest BCUT2D eigenvalue weighted by molar-refractivity contribution is -0.113. The minimum atomic E-state index is -0.791. The monoisotopic (exact) mass is 336 g/mol. The van der Waals surface area contributed by atoms with E-state index in [0.29, 0.717) is 0 Å². The van der Waals surface area contributed by atoms with E-state index in [0.717, 1.165) is 48.8 Å². The van der Waals surface area contributed by atoms with Crippen LogP contribution in [0.5, 0.6) is 0 Å². The predicted molar refractivity (Wildman–Crippen MR) is 99.2 cm³/mol. The number of amides is 1. The number of nitroso groups, excluding NO2 is 1. The molecule has 0 bridgehead atoms. The second kappa shape index (κ2) is 7.81. The first-order valence-electron chi connectivity index (χ1n) is 8.22. The molecule has 1 aromatic heterocycles. The Morgan fingerprint density at radius 3 is 2.64 bits per heavy atom. The molecule has 1 saturated heterocycles. The van der Waals surface area contributed by atoms with E-state index < -0.39 is 5.91 Å². The molecule has 128 valence electrons. The van der Waals surface area contributed by atoms with Crippen molar-refractivity contribution in [1.82, 2.24) is 9.88 Å². The molecule has 0 atom stereocenters. The van der Waals surface area contributed by atoms with Crippen molar-refractivity contribution in [2.24, 2.45) is 5.18 Å². The fourth-order valence-electron chi connectivity index (χ4n) is 2.80. The maximum Gasteiger partial charge on any atom is 0.309 e. The van der Waals surface area contributed by atoms with Crippen molar-refractivity contribution in [3.63, 3.8) is 0 Å². The summed E-state index contributed by atoms with van der Waals surface area (Å²) < 4.78 is 0. The molecule has 6 heteroatoms. The van der Waals surface area contributed by atoms with Gasteiger partial charge in [0, 0.05) is 43.0 Å². The zero-order chi connectivity index (χ0) is 17.6. The summed E-state index contributed by atoms with van der Waals surface area (Å²) in [6.07, 6.45) is 2.75. The van der Waals surface area contributed by atoms with Gasteiger partial charge < -0.3 is 9.80 Å². The largest absolute Gasteiger partial charge is 0.354 e. The third-order valence-electron chi connectivity index (χ3n) is 4.25. The van der Waals surface area contributed by atoms with Gasteiger partial charge in [-0.3, -0.25) is 4.79 Å². The molecule has 1 aliphatic rings. The Morgan fingerprint density at radius 1 is 1.12 bits per heavy atom. The summed E-state index contributed by atoms with van der Waals surface area (Å²) >= 11 is 0. The number of pyridine rings is 1. The van der Waals surface area contributed by atoms with Crippen LogP contribution in [-0.4, -0.2) is 49.0 Å². The van der Waals surface area contributed by atoms with E-state index in [9.17, 15) is 9.70 Å². The molecular weight excluding hydrogens is 316 g/mol. The number of hydrogen-bond donors (Lipinski definition) is 0. The van der Waals surface area contributed by atoms with Crippen LogP contribution < -0.4 is 4.90 Å². The quantitative estimate of drug-likeness (QED) is 0.634. The first-order valence-corrected chi connectivity index (χ1v) is 8.22. The molecule has 0 unspecified atom stereocenters. The summed E-state index contributed by atoms with van der Waals surface area (Å²) in [5.74, 6) is 0.187. The second-order valence-electron chi connectivity index (χ2n) is 6.06. The molecule has 3 rings (SSSR count). The van der Waals surface area contributed by atoms with Crippen molar-refractivity contribution in [2.45, 2.75) is 0 Å². The fourth-order valence-corrected chi connectivity index (χ4v) is 2.80. The minimum Gasteiger partial charge on any atom is -0.354 e. The third kappa shape index (κ3) is 4.36. The van der Waals surface area contributed by atoms with E-state index in [4.69, 9.17) is 4.98 Å². The van der Waals surface area contributed by atoms with Gasteiger partial charge in [-0.2, -0.15) is 0 Å². The van der Waals surface area contributed by atoms with Crippen molar-refractivity contribution in [3.05, 3.63) is 59.0 Å². The molecule has 0 saturated carbocycles. The minimum absolute atomic E-state index is 0.791. The van der Waals surface area contributed by atoms with E-state index in [1.807, 2.05) is 42.5 Å². The lowest BCUT2D eigenvalue weighted by atomic mass is 10.1. The van der Waals surface area contributed by atoms with E-state index in [1.54, 1.807) is 6.08 Å². The Kier molecular flexibility index (Phi) is 5.30. The molecule has 25 heavy (non-hydrogen) atoms. The SMILES string of the molecule is CN1CCN(c2cccc(-c3cccc(/C=C/C(=O)N=O)c3)n2)CC1. The van der Waals surface area contributed by atoms with Gasteiger partial charge in [0.15, 0.2) is 0 Å². The smallest absolute Gasteiger partial charge is 0.309 e. The molecular formula is C19H20N4O2. The second-order valence-corrected chi connectivity index (χ2v) is 6.06. The highest BCUT2D eigenvalue weighted by Gasteiger charge is 2.15. The Labute approximate surface area is 146 Å². The number of rotatable bonds is 4. The number of hydrogen-bond acceptors (Lipinski definition) is 5. The van der Waals surface area contributed by atoms with E-state index in [-0.39, 0.29) is 0 Å². The van der Waals surface area contributed by atoms with Gasteiger partial charge in [0.2, 0.25) is 0 Å². The lowest BCUT2D eigenvalue weighted by Crippen LogP contribution is -2.44. The van der Waals surface area contributed by atoms with E-state index >= 15 is 0 Å². The van der Waals surface area contributed by atoms with Crippen molar-refractivity contribution in [2.75, 3.05) is 38.1 Å². The highest BCUT2D eigenvalue weighted by molar-refractivity contribution is 5.92. The fraction of sp³-hybridized carbons (Fsp3) is 0.263. The lowest BCUT2D eigenvalue weighted by Gasteiger charge is -2.33. The summed E-state index contributed by atoms with van der Waals surface area (Å²) in [5.41, 5.74) is 2.66. The van der Waals surface area contributed by atoms with Crippen LogP contribution >= 0.6 is 0 Å². The number of piperazine rings is 1. The van der Waals surface area contributed by atoms with Crippen LogP contribution in [-0.2, 0) is 4.79 Å². The Morgan fingerprint density at radius 2 is 1.88 bits per heavy atom. The van der Waals surface area contributed by atoms with Crippen LogP contribution in [0.4, 0.5) is 5.82 Å². The number of anilines is 1. The molecule has 1 amide bonds. The van der Waals surface area contributed by atoms with Crippen molar-refractivity contribution in [1.29, 1.82) is 0 Å². The van der Waals surface area contributed by atoms with E-state index in [1.165, 1.54) is 6.08 Å². The molecule has 0 N–H and O–H groups in total. The van der Waals surface area contributed by atoms with Crippen LogP contribution in [0.2, 0.25) is 0 Å². The number of nitrogens with zero attached hydrogens (tertiary/aromatic N) is 4. The third-order valence-corrected chi connectivity index (χ3v) is 4.25. The molecule has 6 nitrogen and oxygen atoms in total. The van der Waals surface area contributed by atoms with Gasteiger partial charge in [-0.25, -0.2) is 4.98 Å². The molecule has 0 aliphatic carbocycles. The summed E-state index contributed by atoms with van der Waals surface area (Å²) in [7, 11) is 2.13. The average molecular weight is 336 g/mol. The van der Waals surface area contributed by atoms with Crippen LogP contribution in [0.3, 0.4) is 0 Å². The van der Waals surface area contributed by atoms with Crippen LogP contribution in [0, 0.1) is 4.91 Å². The average Bonchev–Trinajstić information content (AvgIpc) is 2.67. The number of benzene rings is 1. The maximum atomic E-state index is 11.0. The first kappa shape index (κ1) is 17.0. The molecule has 1 aliphatic heterocycles. The van der Waals surface area contributed by atoms with Gasteiger partial charge in [0.1, 0.15) is 5.82 Å². The normalized spacial score (nSPS) is 15.5. The number of carbonyl (C=O) groups is 1. The molecule has 1 fully saturated rings. The van der Waals surface area contributed by atoms with E-state index in [2.05, 4.69) is 22.0 Å². The summed E-state index contributed by atoms with van der Waals surface area (Å²) in [6, 6.07) is 13.7. The molecule has 2 aromatic rings. The summed E-state index contributed by atoms with van der Waals surface area (Å²) in [4.78, 5) is 30.5. The number of aromatic nitrogens is 1. The summed E-state index contributed by atoms with van der Waals surface area (Å²) in [6.45, 7) is 4.00. The Hall–Kier alpha value is -2.86. The van der Waals surface area contributed by atoms with Crippen molar-refractivity contribution >= 4 is 17.8 Å². The molecule has 2 heterocycles. The molecule has 1 aromatic carbocycles. The Bertz CT molecular complexity index is 796. The van der Waals surface area contributed by atoms with Gasteiger partial charge in [0.25, 0.3) is 0 Å². The first-order chi connectivity index (χ1) is 12.2. The van der Waals surface area contributed by atoms with Crippen molar-refractivity contribution < 1.29 is 4.79 Å². The number of likely N-dealkylation sites (N-methyl/N-ethyl adjacent to an activating group) is 1. The highest BCUT2D eigenvalue weighted by Crippen LogP contribution is 2.22. The zero-order valence-electron chi connectivity index (χ0n) is 14.1. The van der Waals surface area contributed by atoms with Gasteiger partial charge in [0.05, 0.1) is 5.69 Å². The van der Waals surface area contributed by atoms with Gasteiger partial charge >= 0.3 is 5.91 Å². The standard InChI is InChI=1S/C19H20N4O2/c1-22-10-12-23(13-11-22)18-7-3-6-17(20-18)16-5-2-4-15(14-16)8-9-19(24)21-25/h2-9,14H,10-13H2,1H3/b9-8+. The van der Waals surface area contributed by atoms with Crippen LogP contribution in [0.25, 0.3) is 17.3 Å². The Balaban J connectivity index is 1.82.